The first kappa shape index (κ1) is 8.88. The molecule has 0 aromatic rings. The van der Waals surface area contributed by atoms with E-state index < -0.39 is 0 Å². The number of hydrogen-bond donors (Lipinski definition) is 1. The lowest BCUT2D eigenvalue weighted by atomic mass is 10.3. The Morgan fingerprint density at radius 3 is 2.10 bits per heavy atom. The largest absolute Gasteiger partial charge is 0.293 e. The first-order valence-electron chi connectivity index (χ1n) is 3.02. The van der Waals surface area contributed by atoms with Gasteiger partial charge in [0.25, 0.3) is 5.91 Å². The van der Waals surface area contributed by atoms with Crippen molar-refractivity contribution in [1.29, 1.82) is 0 Å². The number of carbonyl (C=O) groups is 2. The van der Waals surface area contributed by atoms with E-state index in [0.717, 1.165) is 0 Å². The summed E-state index contributed by atoms with van der Waals surface area (Å²) in [6, 6.07) is 0. The van der Waals surface area contributed by atoms with Crippen molar-refractivity contribution in [3.8, 4) is 0 Å². The minimum Gasteiger partial charge on any atom is -0.293 e. The molecule has 0 bridgehead atoms. The van der Waals surface area contributed by atoms with Crippen LogP contribution in [0.25, 0.3) is 0 Å². The Labute approximate surface area is 60.1 Å². The molecule has 0 unspecified atom stereocenters. The number of carbonyl (C=O) groups excluding carboxylic acids is 2. The maximum atomic E-state index is 10.8. The Bertz CT molecular complexity index is 182. The second-order valence-corrected chi connectivity index (χ2v) is 1.98. The van der Waals surface area contributed by atoms with E-state index in [1.165, 1.54) is 6.92 Å². The van der Waals surface area contributed by atoms with Gasteiger partial charge in [-0.25, -0.2) is 0 Å². The molecule has 0 fully saturated rings. The van der Waals surface area contributed by atoms with E-state index in [9.17, 15) is 9.59 Å². The summed E-state index contributed by atoms with van der Waals surface area (Å²) in [6.45, 7) is 4.70. The Morgan fingerprint density at radius 1 is 1.30 bits per heavy atom. The number of amides is 2. The molecule has 0 aromatic carbocycles. The fraction of sp³-hybridized carbons (Fsp3) is 0.429. The maximum absolute atomic E-state index is 10.8. The first-order chi connectivity index (χ1) is 4.57. The molecule has 0 heterocycles. The summed E-state index contributed by atoms with van der Waals surface area (Å²) in [5.41, 5.74) is 0.551. The lowest BCUT2D eigenvalue weighted by Gasteiger charge is -1.97. The maximum Gasteiger partial charge on any atom is 0.253 e. The van der Waals surface area contributed by atoms with Crippen molar-refractivity contribution in [2.75, 3.05) is 0 Å². The van der Waals surface area contributed by atoms with Crippen molar-refractivity contribution in [3.05, 3.63) is 11.6 Å². The van der Waals surface area contributed by atoms with Crippen molar-refractivity contribution < 1.29 is 9.59 Å². The van der Waals surface area contributed by atoms with Crippen molar-refractivity contribution >= 4 is 11.8 Å². The quantitative estimate of drug-likeness (QED) is 0.544. The molecular weight excluding hydrogens is 130 g/mol. The predicted octanol–water partition coefficient (Wildman–Crippen LogP) is 0.615. The summed E-state index contributed by atoms with van der Waals surface area (Å²) in [6.07, 6.45) is 1.65. The van der Waals surface area contributed by atoms with Crippen LogP contribution in [0.5, 0.6) is 0 Å². The summed E-state index contributed by atoms with van der Waals surface area (Å²) < 4.78 is 0. The van der Waals surface area contributed by atoms with E-state index in [1.807, 2.05) is 0 Å². The van der Waals surface area contributed by atoms with Crippen LogP contribution in [0.3, 0.4) is 0 Å². The number of imide groups is 1. The highest BCUT2D eigenvalue weighted by Gasteiger charge is 2.02. The fourth-order valence-electron chi connectivity index (χ4n) is 0.390. The van der Waals surface area contributed by atoms with Gasteiger partial charge in [0.1, 0.15) is 0 Å². The molecule has 0 aromatic heterocycles. The van der Waals surface area contributed by atoms with E-state index in [4.69, 9.17) is 0 Å². The van der Waals surface area contributed by atoms with Crippen LogP contribution in [0.15, 0.2) is 11.6 Å². The summed E-state index contributed by atoms with van der Waals surface area (Å²) in [4.78, 5) is 21.1. The highest BCUT2D eigenvalue weighted by Crippen LogP contribution is 1.89. The van der Waals surface area contributed by atoms with Gasteiger partial charge in [-0.15, -0.1) is 0 Å². The lowest BCUT2D eigenvalue weighted by Crippen LogP contribution is -2.28. The molecule has 0 aliphatic carbocycles. The zero-order chi connectivity index (χ0) is 8.15. The topological polar surface area (TPSA) is 46.2 Å². The third-order valence-electron chi connectivity index (χ3n) is 1.08. The monoisotopic (exact) mass is 141 g/mol. The van der Waals surface area contributed by atoms with E-state index >= 15 is 0 Å². The summed E-state index contributed by atoms with van der Waals surface area (Å²) in [5, 5.41) is 2.15. The number of rotatable bonds is 1. The molecule has 0 saturated carbocycles. The fourth-order valence-corrected chi connectivity index (χ4v) is 0.390. The lowest BCUT2D eigenvalue weighted by molar-refractivity contribution is -0.127. The average molecular weight is 141 g/mol. The van der Waals surface area contributed by atoms with Crippen molar-refractivity contribution in [2.24, 2.45) is 0 Å². The van der Waals surface area contributed by atoms with Crippen LogP contribution in [-0.2, 0) is 9.59 Å². The molecule has 0 rings (SSSR count). The molecule has 0 aliphatic heterocycles. The van der Waals surface area contributed by atoms with Crippen LogP contribution in [0.1, 0.15) is 20.8 Å². The minimum absolute atomic E-state index is 0.324. The van der Waals surface area contributed by atoms with E-state index in [-0.39, 0.29) is 11.8 Å². The summed E-state index contributed by atoms with van der Waals surface area (Å²) in [7, 11) is 0. The number of nitrogens with one attached hydrogen (secondary N) is 1. The number of hydrogen-bond acceptors (Lipinski definition) is 2. The first-order valence-corrected chi connectivity index (χ1v) is 3.02. The van der Waals surface area contributed by atoms with Crippen molar-refractivity contribution in [1.82, 2.24) is 5.32 Å². The highest BCUT2D eigenvalue weighted by atomic mass is 16.2. The van der Waals surface area contributed by atoms with Gasteiger partial charge < -0.3 is 0 Å². The van der Waals surface area contributed by atoms with Crippen LogP contribution in [0.4, 0.5) is 0 Å². The Kier molecular flexibility index (Phi) is 3.39. The minimum atomic E-state index is -0.328. The van der Waals surface area contributed by atoms with Gasteiger partial charge >= 0.3 is 0 Å². The smallest absolute Gasteiger partial charge is 0.253 e. The molecule has 0 atom stereocenters. The standard InChI is InChI=1S/C7H11NO2/c1-4-5(2)7(10)8-6(3)9/h4H,1-3H3,(H,8,9,10)/b5-4-. The van der Waals surface area contributed by atoms with Gasteiger partial charge in [0, 0.05) is 12.5 Å². The Hall–Kier alpha value is -1.12. The molecule has 0 aliphatic rings. The molecule has 1 N–H and O–H groups in total. The van der Waals surface area contributed by atoms with Crippen molar-refractivity contribution in [3.63, 3.8) is 0 Å². The molecule has 56 valence electrons. The van der Waals surface area contributed by atoms with Crippen LogP contribution in [0.2, 0.25) is 0 Å². The second kappa shape index (κ2) is 3.82. The Morgan fingerprint density at radius 2 is 1.80 bits per heavy atom. The highest BCUT2D eigenvalue weighted by molar-refractivity contribution is 6.03. The number of allylic oxidation sites excluding steroid dienone is 1. The molecule has 0 saturated heterocycles. The molecule has 0 spiro atoms. The molecule has 10 heavy (non-hydrogen) atoms. The van der Waals surface area contributed by atoms with Crippen LogP contribution >= 0.6 is 0 Å². The van der Waals surface area contributed by atoms with E-state index in [2.05, 4.69) is 5.32 Å². The molecule has 3 nitrogen and oxygen atoms in total. The zero-order valence-corrected chi connectivity index (χ0v) is 6.39. The molecule has 3 heteroatoms. The SMILES string of the molecule is C/C=C(/C)C(=O)NC(C)=O. The third kappa shape index (κ3) is 3.02. The van der Waals surface area contributed by atoms with Gasteiger partial charge in [-0.2, -0.15) is 0 Å². The van der Waals surface area contributed by atoms with Gasteiger partial charge in [0.2, 0.25) is 5.91 Å². The van der Waals surface area contributed by atoms with Crippen molar-refractivity contribution in [2.45, 2.75) is 20.8 Å². The third-order valence-corrected chi connectivity index (χ3v) is 1.08. The van der Waals surface area contributed by atoms with Gasteiger partial charge in [-0.05, 0) is 13.8 Å². The Balaban J connectivity index is 3.99. The van der Waals surface area contributed by atoms with E-state index in [1.54, 1.807) is 19.9 Å². The second-order valence-electron chi connectivity index (χ2n) is 1.98. The van der Waals surface area contributed by atoms with Crippen LogP contribution in [-0.4, -0.2) is 11.8 Å². The van der Waals surface area contributed by atoms with Crippen LogP contribution < -0.4 is 5.32 Å². The van der Waals surface area contributed by atoms with Gasteiger partial charge in [-0.1, -0.05) is 6.08 Å². The molecule has 2 amide bonds. The zero-order valence-electron chi connectivity index (χ0n) is 6.39. The van der Waals surface area contributed by atoms with E-state index in [0.29, 0.717) is 5.57 Å². The molecular formula is C7H11NO2. The van der Waals surface area contributed by atoms with Gasteiger partial charge in [0.05, 0.1) is 0 Å². The van der Waals surface area contributed by atoms with Gasteiger partial charge in [-0.3, -0.25) is 14.9 Å². The van der Waals surface area contributed by atoms with Gasteiger partial charge in [0.15, 0.2) is 0 Å². The van der Waals surface area contributed by atoms with Crippen LogP contribution in [0, 0.1) is 0 Å². The summed E-state index contributed by atoms with van der Waals surface area (Å²) >= 11 is 0. The summed E-state index contributed by atoms with van der Waals surface area (Å²) in [5.74, 6) is -0.652. The average Bonchev–Trinajstić information content (AvgIpc) is 1.85. The normalized spacial score (nSPS) is 10.9. The molecule has 0 radical (unpaired) electrons. The predicted molar refractivity (Wildman–Crippen MR) is 38.3 cm³/mol.